The number of amides is 2. The number of halogens is 1. The van der Waals surface area contributed by atoms with Gasteiger partial charge in [-0.25, -0.2) is 9.37 Å². The second kappa shape index (κ2) is 8.68. The van der Waals surface area contributed by atoms with Crippen molar-refractivity contribution in [3.8, 4) is 11.3 Å². The van der Waals surface area contributed by atoms with Crippen molar-refractivity contribution in [3.05, 3.63) is 57.9 Å². The van der Waals surface area contributed by atoms with Gasteiger partial charge in [0.1, 0.15) is 5.82 Å². The first kappa shape index (κ1) is 18.2. The molecule has 0 radical (unpaired) electrons. The molecule has 2 amide bonds. The average molecular weight is 389 g/mol. The standard InChI is InChI=1S/C18H16FN3O2S2/c19-13-5-1-4-12(10-13)14-11-26-18(21-14)22-16(23)7-2-8-20-17(24)15-6-3-9-25-15/h1,3-6,9-11H,2,7-8H2,(H,20,24)(H,21,22,23). The molecular formula is C18H16FN3O2S2. The molecule has 8 heteroatoms. The van der Waals surface area contributed by atoms with E-state index in [2.05, 4.69) is 15.6 Å². The number of thiophene rings is 1. The molecule has 5 nitrogen and oxygen atoms in total. The van der Waals surface area contributed by atoms with Gasteiger partial charge in [-0.1, -0.05) is 18.2 Å². The van der Waals surface area contributed by atoms with Gasteiger partial charge >= 0.3 is 0 Å². The van der Waals surface area contributed by atoms with Crippen LogP contribution in [-0.4, -0.2) is 23.3 Å². The molecule has 0 bridgehead atoms. The Bertz CT molecular complexity index is 893. The minimum atomic E-state index is -0.328. The summed E-state index contributed by atoms with van der Waals surface area (Å²) in [6, 6.07) is 9.73. The van der Waals surface area contributed by atoms with E-state index in [4.69, 9.17) is 0 Å². The molecule has 0 fully saturated rings. The lowest BCUT2D eigenvalue weighted by Crippen LogP contribution is -2.24. The SMILES string of the molecule is O=C(CCCNC(=O)c1cccs1)Nc1nc(-c2cccc(F)c2)cs1. The molecule has 134 valence electrons. The fourth-order valence-electron chi connectivity index (χ4n) is 2.24. The van der Waals surface area contributed by atoms with Crippen LogP contribution in [0.2, 0.25) is 0 Å². The molecule has 0 saturated heterocycles. The number of benzene rings is 1. The maximum Gasteiger partial charge on any atom is 0.261 e. The Morgan fingerprint density at radius 3 is 2.81 bits per heavy atom. The number of nitrogens with one attached hydrogen (secondary N) is 2. The molecule has 2 N–H and O–H groups in total. The number of carbonyl (C=O) groups is 2. The molecule has 3 aromatic rings. The van der Waals surface area contributed by atoms with Crippen molar-refractivity contribution in [1.82, 2.24) is 10.3 Å². The van der Waals surface area contributed by atoms with Crippen molar-refractivity contribution in [3.63, 3.8) is 0 Å². The molecule has 0 aliphatic heterocycles. The van der Waals surface area contributed by atoms with Crippen LogP contribution in [0.3, 0.4) is 0 Å². The monoisotopic (exact) mass is 389 g/mol. The van der Waals surface area contributed by atoms with Crippen LogP contribution in [0.25, 0.3) is 11.3 Å². The number of rotatable bonds is 7. The Hall–Kier alpha value is -2.58. The average Bonchev–Trinajstić information content (AvgIpc) is 3.30. The van der Waals surface area contributed by atoms with Gasteiger partial charge in [-0.2, -0.15) is 0 Å². The van der Waals surface area contributed by atoms with Gasteiger partial charge in [-0.3, -0.25) is 9.59 Å². The first-order chi connectivity index (χ1) is 12.6. The molecule has 0 aliphatic rings. The fourth-order valence-corrected chi connectivity index (χ4v) is 3.61. The van der Waals surface area contributed by atoms with Crippen molar-refractivity contribution < 1.29 is 14.0 Å². The van der Waals surface area contributed by atoms with Gasteiger partial charge in [0.25, 0.3) is 5.91 Å². The molecule has 1 aromatic carbocycles. The summed E-state index contributed by atoms with van der Waals surface area (Å²) in [5, 5.41) is 9.59. The molecule has 0 spiro atoms. The molecule has 26 heavy (non-hydrogen) atoms. The van der Waals surface area contributed by atoms with Gasteiger partial charge in [0, 0.05) is 23.9 Å². The van der Waals surface area contributed by atoms with Gasteiger partial charge in [-0.05, 0) is 30.0 Å². The van der Waals surface area contributed by atoms with E-state index in [0.29, 0.717) is 34.2 Å². The summed E-state index contributed by atoms with van der Waals surface area (Å²) in [5.41, 5.74) is 1.28. The van der Waals surface area contributed by atoms with Crippen molar-refractivity contribution in [2.75, 3.05) is 11.9 Å². The van der Waals surface area contributed by atoms with E-state index in [1.54, 1.807) is 23.6 Å². The molecule has 2 aromatic heterocycles. The zero-order valence-electron chi connectivity index (χ0n) is 13.7. The summed E-state index contributed by atoms with van der Waals surface area (Å²) in [6.45, 7) is 0.427. The second-order valence-electron chi connectivity index (χ2n) is 5.43. The summed E-state index contributed by atoms with van der Waals surface area (Å²) >= 11 is 2.66. The summed E-state index contributed by atoms with van der Waals surface area (Å²) in [5.74, 6) is -0.624. The Balaban J connectivity index is 1.43. The van der Waals surface area contributed by atoms with Crippen LogP contribution in [0.4, 0.5) is 9.52 Å². The Morgan fingerprint density at radius 1 is 1.15 bits per heavy atom. The van der Waals surface area contributed by atoms with Crippen molar-refractivity contribution >= 4 is 39.6 Å². The summed E-state index contributed by atoms with van der Waals surface area (Å²) in [7, 11) is 0. The van der Waals surface area contributed by atoms with Gasteiger partial charge < -0.3 is 10.6 Å². The van der Waals surface area contributed by atoms with Crippen LogP contribution in [0.1, 0.15) is 22.5 Å². The number of anilines is 1. The number of hydrogen-bond acceptors (Lipinski definition) is 5. The first-order valence-corrected chi connectivity index (χ1v) is 9.71. The Labute approximate surface area is 157 Å². The second-order valence-corrected chi connectivity index (χ2v) is 7.24. The lowest BCUT2D eigenvalue weighted by molar-refractivity contribution is -0.116. The third kappa shape index (κ3) is 4.96. The highest BCUT2D eigenvalue weighted by molar-refractivity contribution is 7.14. The predicted octanol–water partition coefficient (Wildman–Crippen LogP) is 4.16. The number of aromatic nitrogens is 1. The first-order valence-electron chi connectivity index (χ1n) is 7.95. The molecule has 2 heterocycles. The van der Waals surface area contributed by atoms with Crippen molar-refractivity contribution in [2.45, 2.75) is 12.8 Å². The van der Waals surface area contributed by atoms with E-state index < -0.39 is 0 Å². The summed E-state index contributed by atoms with van der Waals surface area (Å²) < 4.78 is 13.3. The number of hydrogen-bond donors (Lipinski definition) is 2. The van der Waals surface area contributed by atoms with Crippen LogP contribution in [0.15, 0.2) is 47.2 Å². The molecular weight excluding hydrogens is 373 g/mol. The lowest BCUT2D eigenvalue weighted by Gasteiger charge is -2.04. The van der Waals surface area contributed by atoms with Crippen LogP contribution in [0, 0.1) is 5.82 Å². The smallest absolute Gasteiger partial charge is 0.261 e. The minimum Gasteiger partial charge on any atom is -0.351 e. The van der Waals surface area contributed by atoms with E-state index in [1.807, 2.05) is 11.4 Å². The van der Waals surface area contributed by atoms with Crippen LogP contribution >= 0.6 is 22.7 Å². The normalized spacial score (nSPS) is 10.5. The highest BCUT2D eigenvalue weighted by atomic mass is 32.1. The van der Waals surface area contributed by atoms with Gasteiger partial charge in [0.2, 0.25) is 5.91 Å². The third-order valence-corrected chi connectivity index (χ3v) is 5.11. The quantitative estimate of drug-likeness (QED) is 0.596. The maximum atomic E-state index is 13.3. The van der Waals surface area contributed by atoms with Gasteiger partial charge in [0.05, 0.1) is 10.6 Å². The summed E-state index contributed by atoms with van der Waals surface area (Å²) in [6.07, 6.45) is 0.810. The maximum absolute atomic E-state index is 13.3. The number of carbonyl (C=O) groups excluding carboxylic acids is 2. The fraction of sp³-hybridized carbons (Fsp3) is 0.167. The molecule has 0 aliphatic carbocycles. The van der Waals surface area contributed by atoms with Gasteiger partial charge in [-0.15, -0.1) is 22.7 Å². The third-order valence-electron chi connectivity index (χ3n) is 3.48. The summed E-state index contributed by atoms with van der Waals surface area (Å²) in [4.78, 5) is 28.7. The van der Waals surface area contributed by atoms with E-state index in [9.17, 15) is 14.0 Å². The predicted molar refractivity (Wildman–Crippen MR) is 102 cm³/mol. The molecule has 3 rings (SSSR count). The van der Waals surface area contributed by atoms with E-state index in [1.165, 1.54) is 34.8 Å². The zero-order chi connectivity index (χ0) is 18.4. The van der Waals surface area contributed by atoms with Crippen molar-refractivity contribution in [1.29, 1.82) is 0 Å². The van der Waals surface area contributed by atoms with E-state index in [0.717, 1.165) is 0 Å². The number of nitrogens with zero attached hydrogens (tertiary/aromatic N) is 1. The van der Waals surface area contributed by atoms with Crippen LogP contribution < -0.4 is 10.6 Å². The molecule has 0 unspecified atom stereocenters. The Kier molecular flexibility index (Phi) is 6.08. The number of thiazole rings is 1. The topological polar surface area (TPSA) is 71.1 Å². The zero-order valence-corrected chi connectivity index (χ0v) is 15.3. The largest absolute Gasteiger partial charge is 0.351 e. The highest BCUT2D eigenvalue weighted by Gasteiger charge is 2.09. The van der Waals surface area contributed by atoms with E-state index in [-0.39, 0.29) is 24.1 Å². The van der Waals surface area contributed by atoms with Gasteiger partial charge in [0.15, 0.2) is 5.13 Å². The molecule has 0 atom stereocenters. The molecule has 0 saturated carbocycles. The van der Waals surface area contributed by atoms with Crippen molar-refractivity contribution in [2.24, 2.45) is 0 Å². The lowest BCUT2D eigenvalue weighted by atomic mass is 10.2. The van der Waals surface area contributed by atoms with Crippen LogP contribution in [0.5, 0.6) is 0 Å². The highest BCUT2D eigenvalue weighted by Crippen LogP contribution is 2.25. The van der Waals surface area contributed by atoms with E-state index >= 15 is 0 Å². The van der Waals surface area contributed by atoms with Crippen LogP contribution in [-0.2, 0) is 4.79 Å². The minimum absolute atomic E-state index is 0.125. The Morgan fingerprint density at radius 2 is 2.04 bits per heavy atom.